The number of rotatable bonds is 6. The highest BCUT2D eigenvalue weighted by Gasteiger charge is 2.23. The largest absolute Gasteiger partial charge is 0.452 e. The SMILES string of the molecule is Cc1ccc(C(=O)c2ccccc2C(=O)OCC(=O)N[C@H]2CCCc3ccccc32)cc1. The molecular weight excluding hydrogens is 402 g/mol. The molecule has 0 heterocycles. The molecule has 0 saturated carbocycles. The summed E-state index contributed by atoms with van der Waals surface area (Å²) < 4.78 is 5.26. The van der Waals surface area contributed by atoms with Crippen LogP contribution in [-0.2, 0) is 16.0 Å². The minimum atomic E-state index is -0.694. The average Bonchev–Trinajstić information content (AvgIpc) is 2.83. The molecule has 0 radical (unpaired) electrons. The molecule has 5 nitrogen and oxygen atoms in total. The van der Waals surface area contributed by atoms with Crippen molar-refractivity contribution in [3.63, 3.8) is 0 Å². The molecule has 3 aromatic carbocycles. The van der Waals surface area contributed by atoms with Gasteiger partial charge in [0.15, 0.2) is 12.4 Å². The lowest BCUT2D eigenvalue weighted by Crippen LogP contribution is -2.34. The summed E-state index contributed by atoms with van der Waals surface area (Å²) in [4.78, 5) is 38.1. The summed E-state index contributed by atoms with van der Waals surface area (Å²) in [6, 6.07) is 21.7. The third-order valence-electron chi connectivity index (χ3n) is 5.74. The van der Waals surface area contributed by atoms with Crippen LogP contribution in [-0.4, -0.2) is 24.3 Å². The van der Waals surface area contributed by atoms with Crippen LogP contribution in [0.25, 0.3) is 0 Å². The molecule has 1 aliphatic rings. The van der Waals surface area contributed by atoms with Crippen molar-refractivity contribution in [1.82, 2.24) is 5.32 Å². The van der Waals surface area contributed by atoms with Crippen LogP contribution >= 0.6 is 0 Å². The van der Waals surface area contributed by atoms with Gasteiger partial charge in [0.1, 0.15) is 0 Å². The summed E-state index contributed by atoms with van der Waals surface area (Å²) in [5.41, 5.74) is 4.29. The quantitative estimate of drug-likeness (QED) is 0.462. The lowest BCUT2D eigenvalue weighted by Gasteiger charge is -2.26. The molecule has 0 spiro atoms. The van der Waals surface area contributed by atoms with E-state index in [1.54, 1.807) is 36.4 Å². The molecule has 0 unspecified atom stereocenters. The number of ketones is 1. The molecule has 0 aliphatic heterocycles. The van der Waals surface area contributed by atoms with Gasteiger partial charge < -0.3 is 10.1 Å². The molecule has 1 amide bonds. The van der Waals surface area contributed by atoms with Crippen LogP contribution in [0.5, 0.6) is 0 Å². The van der Waals surface area contributed by atoms with Crippen molar-refractivity contribution in [1.29, 1.82) is 0 Å². The van der Waals surface area contributed by atoms with Crippen LogP contribution in [0.2, 0.25) is 0 Å². The molecule has 0 bridgehead atoms. The molecule has 4 rings (SSSR count). The number of aryl methyl sites for hydroxylation is 2. The first kappa shape index (κ1) is 21.5. The first-order valence-electron chi connectivity index (χ1n) is 10.8. The first-order valence-corrected chi connectivity index (χ1v) is 10.8. The van der Waals surface area contributed by atoms with Gasteiger partial charge in [0.25, 0.3) is 5.91 Å². The standard InChI is InChI=1S/C27H25NO4/c1-18-13-15-20(16-14-18)26(30)22-10-4-5-11-23(22)27(31)32-17-25(29)28-24-12-6-8-19-7-2-3-9-21(19)24/h2-5,7,9-11,13-16,24H,6,8,12,17H2,1H3,(H,28,29)/t24-/m0/s1. The van der Waals surface area contributed by atoms with Crippen molar-refractivity contribution in [3.05, 3.63) is 106 Å². The van der Waals surface area contributed by atoms with E-state index in [0.717, 1.165) is 30.4 Å². The molecule has 0 aromatic heterocycles. The normalized spacial score (nSPS) is 14.8. The summed E-state index contributed by atoms with van der Waals surface area (Å²) in [5, 5.41) is 2.97. The van der Waals surface area contributed by atoms with Crippen molar-refractivity contribution < 1.29 is 19.1 Å². The fourth-order valence-corrected chi connectivity index (χ4v) is 4.07. The second-order valence-electron chi connectivity index (χ2n) is 8.03. The number of hydrogen-bond acceptors (Lipinski definition) is 4. The molecule has 1 atom stereocenters. The molecule has 1 N–H and O–H groups in total. The number of fused-ring (bicyclic) bond motifs is 1. The van der Waals surface area contributed by atoms with Gasteiger partial charge >= 0.3 is 5.97 Å². The van der Waals surface area contributed by atoms with E-state index in [1.807, 2.05) is 37.3 Å². The molecule has 162 valence electrons. The number of esters is 1. The Labute approximate surface area is 187 Å². The van der Waals surface area contributed by atoms with Crippen LogP contribution < -0.4 is 5.32 Å². The van der Waals surface area contributed by atoms with E-state index in [0.29, 0.717) is 5.56 Å². The van der Waals surface area contributed by atoms with Gasteiger partial charge in [-0.2, -0.15) is 0 Å². The maximum Gasteiger partial charge on any atom is 0.339 e. The lowest BCUT2D eigenvalue weighted by atomic mass is 9.88. The maximum absolute atomic E-state index is 12.9. The smallest absolute Gasteiger partial charge is 0.339 e. The summed E-state index contributed by atoms with van der Waals surface area (Å²) in [5.74, 6) is -1.32. The highest BCUT2D eigenvalue weighted by molar-refractivity contribution is 6.14. The van der Waals surface area contributed by atoms with E-state index in [1.165, 1.54) is 5.56 Å². The predicted molar refractivity (Wildman–Crippen MR) is 122 cm³/mol. The topological polar surface area (TPSA) is 72.5 Å². The van der Waals surface area contributed by atoms with Gasteiger partial charge in [0.2, 0.25) is 0 Å². The number of carbonyl (C=O) groups is 3. The van der Waals surface area contributed by atoms with Gasteiger partial charge in [-0.3, -0.25) is 9.59 Å². The molecule has 5 heteroatoms. The molecule has 3 aromatic rings. The van der Waals surface area contributed by atoms with E-state index < -0.39 is 12.6 Å². The zero-order chi connectivity index (χ0) is 22.5. The lowest BCUT2D eigenvalue weighted by molar-refractivity contribution is -0.125. The third-order valence-corrected chi connectivity index (χ3v) is 5.74. The minimum absolute atomic E-state index is 0.0819. The Kier molecular flexibility index (Phi) is 6.45. The van der Waals surface area contributed by atoms with Crippen LogP contribution in [0.3, 0.4) is 0 Å². The number of benzene rings is 3. The van der Waals surface area contributed by atoms with Gasteiger partial charge in [-0.15, -0.1) is 0 Å². The Balaban J connectivity index is 1.41. The highest BCUT2D eigenvalue weighted by atomic mass is 16.5. The van der Waals surface area contributed by atoms with Gasteiger partial charge in [-0.25, -0.2) is 4.79 Å². The summed E-state index contributed by atoms with van der Waals surface area (Å²) in [6.45, 7) is 1.54. The van der Waals surface area contributed by atoms with E-state index in [2.05, 4.69) is 11.4 Å². The molecule has 0 saturated heterocycles. The van der Waals surface area contributed by atoms with Crippen LogP contribution in [0, 0.1) is 6.92 Å². The van der Waals surface area contributed by atoms with Crippen molar-refractivity contribution in [2.75, 3.05) is 6.61 Å². The molecule has 0 fully saturated rings. The zero-order valence-corrected chi connectivity index (χ0v) is 18.0. The maximum atomic E-state index is 12.9. The number of carbonyl (C=O) groups excluding carboxylic acids is 3. The van der Waals surface area contributed by atoms with Gasteiger partial charge in [-0.05, 0) is 43.4 Å². The fourth-order valence-electron chi connectivity index (χ4n) is 4.07. The molecular formula is C27H25NO4. The predicted octanol–water partition coefficient (Wildman–Crippen LogP) is 4.58. The number of hydrogen-bond donors (Lipinski definition) is 1. The van der Waals surface area contributed by atoms with Crippen LogP contribution in [0.1, 0.15) is 61.9 Å². The monoisotopic (exact) mass is 427 g/mol. The Morgan fingerprint density at radius 2 is 1.59 bits per heavy atom. The first-order chi connectivity index (χ1) is 15.5. The van der Waals surface area contributed by atoms with Crippen LogP contribution in [0.15, 0.2) is 72.8 Å². The fraction of sp³-hybridized carbons (Fsp3) is 0.222. The zero-order valence-electron chi connectivity index (χ0n) is 18.0. The Morgan fingerprint density at radius 1 is 0.906 bits per heavy atom. The second kappa shape index (κ2) is 9.60. The second-order valence-corrected chi connectivity index (χ2v) is 8.03. The van der Waals surface area contributed by atoms with Gasteiger partial charge in [0, 0.05) is 11.1 Å². The van der Waals surface area contributed by atoms with Gasteiger partial charge in [-0.1, -0.05) is 72.3 Å². The van der Waals surface area contributed by atoms with Crippen LogP contribution in [0.4, 0.5) is 0 Å². The number of nitrogens with one attached hydrogen (secondary N) is 1. The van der Waals surface area contributed by atoms with E-state index in [9.17, 15) is 14.4 Å². The van der Waals surface area contributed by atoms with Gasteiger partial charge in [0.05, 0.1) is 11.6 Å². The van der Waals surface area contributed by atoms with Crippen molar-refractivity contribution in [2.45, 2.75) is 32.2 Å². The van der Waals surface area contributed by atoms with E-state index in [4.69, 9.17) is 4.74 Å². The summed E-state index contributed by atoms with van der Waals surface area (Å²) in [7, 11) is 0. The van der Waals surface area contributed by atoms with Crippen molar-refractivity contribution >= 4 is 17.7 Å². The van der Waals surface area contributed by atoms with E-state index >= 15 is 0 Å². The minimum Gasteiger partial charge on any atom is -0.452 e. The summed E-state index contributed by atoms with van der Waals surface area (Å²) >= 11 is 0. The Morgan fingerprint density at radius 3 is 2.38 bits per heavy atom. The Hall–Kier alpha value is -3.73. The molecule has 32 heavy (non-hydrogen) atoms. The number of amides is 1. The Bertz CT molecular complexity index is 1150. The average molecular weight is 428 g/mol. The highest BCUT2D eigenvalue weighted by Crippen LogP contribution is 2.29. The number of ether oxygens (including phenoxy) is 1. The van der Waals surface area contributed by atoms with Crippen molar-refractivity contribution in [2.24, 2.45) is 0 Å². The summed E-state index contributed by atoms with van der Waals surface area (Å²) in [6.07, 6.45) is 2.85. The van der Waals surface area contributed by atoms with E-state index in [-0.39, 0.29) is 28.9 Å². The third kappa shape index (κ3) is 4.78. The van der Waals surface area contributed by atoms with Crippen molar-refractivity contribution in [3.8, 4) is 0 Å². The molecule has 1 aliphatic carbocycles.